The van der Waals surface area contributed by atoms with Crippen molar-refractivity contribution in [3.8, 4) is 0 Å². The van der Waals surface area contributed by atoms with E-state index in [-0.39, 0.29) is 16.8 Å². The van der Waals surface area contributed by atoms with E-state index in [0.717, 1.165) is 12.8 Å². The van der Waals surface area contributed by atoms with Gasteiger partial charge in [0.05, 0.1) is 10.9 Å². The molecule has 0 saturated carbocycles. The minimum atomic E-state index is -0.992. The molecule has 2 rings (SSSR count). The van der Waals surface area contributed by atoms with Gasteiger partial charge in [0, 0.05) is 18.0 Å². The van der Waals surface area contributed by atoms with Crippen LogP contribution in [0.5, 0.6) is 0 Å². The summed E-state index contributed by atoms with van der Waals surface area (Å²) >= 11 is 1.49. The van der Waals surface area contributed by atoms with E-state index in [2.05, 4.69) is 4.98 Å². The summed E-state index contributed by atoms with van der Waals surface area (Å²) in [7, 11) is 0. The fourth-order valence-electron chi connectivity index (χ4n) is 2.19. The molecule has 1 aromatic heterocycles. The molecule has 1 amide bonds. The maximum atomic E-state index is 12.5. The van der Waals surface area contributed by atoms with E-state index < -0.39 is 12.0 Å². The molecule has 6 nitrogen and oxygen atoms in total. The van der Waals surface area contributed by atoms with Crippen molar-refractivity contribution in [3.05, 3.63) is 34.2 Å². The molecule has 0 radical (unpaired) electrons. The van der Waals surface area contributed by atoms with Crippen LogP contribution in [-0.2, 0) is 4.79 Å². The van der Waals surface area contributed by atoms with Gasteiger partial charge in [0.25, 0.3) is 5.91 Å². The Morgan fingerprint density at radius 2 is 2.25 bits per heavy atom. The van der Waals surface area contributed by atoms with Crippen LogP contribution >= 0.6 is 11.8 Å². The van der Waals surface area contributed by atoms with E-state index >= 15 is 0 Å². The molecular formula is C13H16N2O4S. The van der Waals surface area contributed by atoms with Crippen molar-refractivity contribution in [2.75, 3.05) is 5.75 Å². The third-order valence-electron chi connectivity index (χ3n) is 3.18. The fraction of sp³-hybridized carbons (Fsp3) is 0.462. The van der Waals surface area contributed by atoms with Gasteiger partial charge in [-0.2, -0.15) is 0 Å². The van der Waals surface area contributed by atoms with E-state index in [0.29, 0.717) is 11.3 Å². The van der Waals surface area contributed by atoms with Gasteiger partial charge in [-0.3, -0.25) is 9.59 Å². The maximum Gasteiger partial charge on any atom is 0.327 e. The second-order valence-electron chi connectivity index (χ2n) is 4.58. The second kappa shape index (κ2) is 6.13. The number of aliphatic carboxylic acids is 1. The number of aromatic nitrogens is 1. The number of hydrogen-bond donors (Lipinski definition) is 2. The third-order valence-corrected chi connectivity index (χ3v) is 4.53. The first kappa shape index (κ1) is 14.6. The summed E-state index contributed by atoms with van der Waals surface area (Å²) in [4.78, 5) is 38.7. The average molecular weight is 296 g/mol. The smallest absolute Gasteiger partial charge is 0.327 e. The number of hydrogen-bond acceptors (Lipinski definition) is 4. The first-order valence-electron chi connectivity index (χ1n) is 6.40. The summed E-state index contributed by atoms with van der Waals surface area (Å²) in [5.74, 6) is -0.944. The van der Waals surface area contributed by atoms with Crippen LogP contribution in [-0.4, -0.2) is 44.0 Å². The predicted molar refractivity (Wildman–Crippen MR) is 75.8 cm³/mol. The van der Waals surface area contributed by atoms with Crippen molar-refractivity contribution in [3.63, 3.8) is 0 Å². The number of nitrogens with one attached hydrogen (secondary N) is 1. The molecule has 0 aromatic carbocycles. The zero-order chi connectivity index (χ0) is 14.7. The van der Waals surface area contributed by atoms with Gasteiger partial charge < -0.3 is 15.0 Å². The molecule has 1 aliphatic rings. The molecule has 0 bridgehead atoms. The summed E-state index contributed by atoms with van der Waals surface area (Å²) in [5, 5.41) is 9.12. The van der Waals surface area contributed by atoms with Crippen LogP contribution in [0, 0.1) is 0 Å². The van der Waals surface area contributed by atoms with Crippen LogP contribution in [0.25, 0.3) is 0 Å². The molecule has 108 valence electrons. The third kappa shape index (κ3) is 2.87. The summed E-state index contributed by atoms with van der Waals surface area (Å²) in [6.07, 6.45) is 2.96. The highest BCUT2D eigenvalue weighted by molar-refractivity contribution is 8.00. The first-order valence-corrected chi connectivity index (χ1v) is 7.45. The number of carbonyl (C=O) groups is 2. The zero-order valence-electron chi connectivity index (χ0n) is 11.0. The molecule has 7 heteroatoms. The van der Waals surface area contributed by atoms with Gasteiger partial charge in [-0.15, -0.1) is 11.8 Å². The molecule has 1 aromatic rings. The van der Waals surface area contributed by atoms with Crippen LogP contribution in [0.3, 0.4) is 0 Å². The molecule has 2 unspecified atom stereocenters. The molecule has 2 atom stereocenters. The summed E-state index contributed by atoms with van der Waals surface area (Å²) in [6, 6.07) is 1.88. The van der Waals surface area contributed by atoms with E-state index in [1.807, 2.05) is 6.92 Å². The first-order chi connectivity index (χ1) is 9.54. The summed E-state index contributed by atoms with van der Waals surface area (Å²) in [6.45, 7) is 2.00. The number of carboxylic acids is 1. The average Bonchev–Trinajstić information content (AvgIpc) is 2.83. The molecule has 2 heterocycles. The lowest BCUT2D eigenvalue weighted by Gasteiger charge is -2.27. The van der Waals surface area contributed by atoms with Crippen LogP contribution in [0.2, 0.25) is 0 Å². The van der Waals surface area contributed by atoms with Crippen LogP contribution in [0.1, 0.15) is 30.1 Å². The summed E-state index contributed by atoms with van der Waals surface area (Å²) < 4.78 is 0. The standard InChI is InChI=1S/C13H16N2O4S/c1-2-3-11-15(9(7-20-11)13(18)19)12(17)8-4-5-10(16)14-6-8/h4-6,9,11H,2-3,7H2,1H3,(H,14,16)(H,18,19). The van der Waals surface area contributed by atoms with Gasteiger partial charge >= 0.3 is 5.97 Å². The van der Waals surface area contributed by atoms with Gasteiger partial charge in [0.1, 0.15) is 6.04 Å². The monoisotopic (exact) mass is 296 g/mol. The molecule has 0 aliphatic carbocycles. The predicted octanol–water partition coefficient (Wildman–Crippen LogP) is 1.14. The Labute approximate surface area is 120 Å². The Kier molecular flexibility index (Phi) is 4.49. The lowest BCUT2D eigenvalue weighted by Crippen LogP contribution is -2.45. The highest BCUT2D eigenvalue weighted by Gasteiger charge is 2.41. The second-order valence-corrected chi connectivity index (χ2v) is 5.80. The van der Waals surface area contributed by atoms with Crippen molar-refractivity contribution in [2.24, 2.45) is 0 Å². The van der Waals surface area contributed by atoms with E-state index in [9.17, 15) is 19.5 Å². The quantitative estimate of drug-likeness (QED) is 0.869. The Hall–Kier alpha value is -1.76. The number of pyridine rings is 1. The molecule has 0 spiro atoms. The normalized spacial score (nSPS) is 21.9. The molecule has 2 N–H and O–H groups in total. The number of aromatic amines is 1. The number of carboxylic acid groups (broad SMARTS) is 1. The Balaban J connectivity index is 2.29. The van der Waals surface area contributed by atoms with Crippen molar-refractivity contribution in [1.82, 2.24) is 9.88 Å². The van der Waals surface area contributed by atoms with Crippen LogP contribution < -0.4 is 5.56 Å². The highest BCUT2D eigenvalue weighted by atomic mass is 32.2. The highest BCUT2D eigenvalue weighted by Crippen LogP contribution is 2.33. The van der Waals surface area contributed by atoms with Crippen molar-refractivity contribution in [1.29, 1.82) is 0 Å². The van der Waals surface area contributed by atoms with Gasteiger partial charge in [-0.05, 0) is 12.5 Å². The number of amides is 1. The van der Waals surface area contributed by atoms with Gasteiger partial charge in [0.2, 0.25) is 5.56 Å². The molecule has 20 heavy (non-hydrogen) atoms. The van der Waals surface area contributed by atoms with Gasteiger partial charge in [-0.1, -0.05) is 13.3 Å². The van der Waals surface area contributed by atoms with E-state index in [4.69, 9.17) is 0 Å². The SMILES string of the molecule is CCCC1SCC(C(=O)O)N1C(=O)c1ccc(=O)[nH]c1. The van der Waals surface area contributed by atoms with Crippen LogP contribution in [0.15, 0.2) is 23.1 Å². The number of nitrogens with zero attached hydrogens (tertiary/aromatic N) is 1. The van der Waals surface area contributed by atoms with E-state index in [1.165, 1.54) is 35.0 Å². The van der Waals surface area contributed by atoms with Crippen molar-refractivity contribution >= 4 is 23.6 Å². The lowest BCUT2D eigenvalue weighted by molar-refractivity contribution is -0.141. The molecule has 1 aliphatic heterocycles. The molecule has 1 fully saturated rings. The Morgan fingerprint density at radius 1 is 1.50 bits per heavy atom. The maximum absolute atomic E-state index is 12.5. The van der Waals surface area contributed by atoms with E-state index in [1.54, 1.807) is 0 Å². The fourth-order valence-corrected chi connectivity index (χ4v) is 3.70. The number of H-pyrrole nitrogens is 1. The zero-order valence-corrected chi connectivity index (χ0v) is 11.9. The van der Waals surface area contributed by atoms with Crippen molar-refractivity contribution in [2.45, 2.75) is 31.2 Å². The minimum Gasteiger partial charge on any atom is -0.480 e. The van der Waals surface area contributed by atoms with Crippen LogP contribution in [0.4, 0.5) is 0 Å². The largest absolute Gasteiger partial charge is 0.480 e. The number of thioether (sulfide) groups is 1. The number of carbonyl (C=O) groups excluding carboxylic acids is 1. The van der Waals surface area contributed by atoms with Gasteiger partial charge in [0.15, 0.2) is 0 Å². The number of rotatable bonds is 4. The Bertz CT molecular complexity index is 551. The topological polar surface area (TPSA) is 90.5 Å². The summed E-state index contributed by atoms with van der Waals surface area (Å²) in [5.41, 5.74) is 0.0108. The molecular weight excluding hydrogens is 280 g/mol. The molecule has 1 saturated heterocycles. The van der Waals surface area contributed by atoms with Crippen molar-refractivity contribution < 1.29 is 14.7 Å². The minimum absolute atomic E-state index is 0.125. The Morgan fingerprint density at radius 3 is 2.80 bits per heavy atom. The van der Waals surface area contributed by atoms with Gasteiger partial charge in [-0.25, -0.2) is 4.79 Å². The lowest BCUT2D eigenvalue weighted by atomic mass is 10.2.